The zero-order valence-electron chi connectivity index (χ0n) is 8.46. The Morgan fingerprint density at radius 2 is 2.25 bits per heavy atom. The maximum atomic E-state index is 10.6. The Labute approximate surface area is 91.6 Å². The average Bonchev–Trinajstić information content (AvgIpc) is 2.29. The summed E-state index contributed by atoms with van der Waals surface area (Å²) in [5.74, 6) is 0.376. The van der Waals surface area contributed by atoms with E-state index < -0.39 is 4.92 Å². The van der Waals surface area contributed by atoms with Gasteiger partial charge in [-0.2, -0.15) is 0 Å². The molecule has 0 radical (unpaired) electrons. The Hall–Kier alpha value is -1.95. The molecule has 86 valence electrons. The van der Waals surface area contributed by atoms with E-state index in [2.05, 4.69) is 0 Å². The van der Waals surface area contributed by atoms with Gasteiger partial charge < -0.3 is 9.84 Å². The SMILES string of the molecule is O=Cc1cc(OCCCO)ccc1[N+](=O)[O-]. The molecule has 0 fully saturated rings. The molecule has 0 atom stereocenters. The summed E-state index contributed by atoms with van der Waals surface area (Å²) in [5, 5.41) is 19.1. The molecule has 0 amide bonds. The first-order chi connectivity index (χ1) is 7.69. The summed E-state index contributed by atoms with van der Waals surface area (Å²) >= 11 is 0. The van der Waals surface area contributed by atoms with E-state index in [9.17, 15) is 14.9 Å². The summed E-state index contributed by atoms with van der Waals surface area (Å²) in [4.78, 5) is 20.5. The van der Waals surface area contributed by atoms with Crippen LogP contribution in [0.2, 0.25) is 0 Å². The summed E-state index contributed by atoms with van der Waals surface area (Å²) in [6.07, 6.45) is 0.879. The Morgan fingerprint density at radius 1 is 1.50 bits per heavy atom. The molecule has 0 spiro atoms. The predicted molar refractivity (Wildman–Crippen MR) is 55.7 cm³/mol. The first-order valence-corrected chi connectivity index (χ1v) is 4.66. The lowest BCUT2D eigenvalue weighted by Gasteiger charge is -2.05. The van der Waals surface area contributed by atoms with Crippen LogP contribution < -0.4 is 4.74 Å². The van der Waals surface area contributed by atoms with Crippen molar-refractivity contribution in [3.63, 3.8) is 0 Å². The molecular weight excluding hydrogens is 214 g/mol. The number of nitro benzene ring substituents is 1. The van der Waals surface area contributed by atoms with Crippen LogP contribution in [0.4, 0.5) is 5.69 Å². The molecule has 0 aliphatic rings. The van der Waals surface area contributed by atoms with Crippen molar-refractivity contribution in [2.24, 2.45) is 0 Å². The lowest BCUT2D eigenvalue weighted by molar-refractivity contribution is -0.385. The van der Waals surface area contributed by atoms with Gasteiger partial charge in [-0.05, 0) is 12.1 Å². The Kier molecular flexibility index (Phi) is 4.41. The number of aliphatic hydroxyl groups excluding tert-OH is 1. The molecule has 1 aromatic rings. The first-order valence-electron chi connectivity index (χ1n) is 4.66. The zero-order chi connectivity index (χ0) is 12.0. The quantitative estimate of drug-likeness (QED) is 0.339. The Bertz CT molecular complexity index is 391. The molecule has 0 aliphatic heterocycles. The number of aldehydes is 1. The molecule has 1 N–H and O–H groups in total. The fraction of sp³-hybridized carbons (Fsp3) is 0.300. The van der Waals surface area contributed by atoms with E-state index in [1.54, 1.807) is 0 Å². The summed E-state index contributed by atoms with van der Waals surface area (Å²) in [6.45, 7) is 0.306. The number of rotatable bonds is 6. The molecule has 1 rings (SSSR count). The molecule has 0 heterocycles. The summed E-state index contributed by atoms with van der Waals surface area (Å²) in [5.41, 5.74) is -0.268. The molecule has 16 heavy (non-hydrogen) atoms. The van der Waals surface area contributed by atoms with Crippen LogP contribution in [0.25, 0.3) is 0 Å². The maximum Gasteiger partial charge on any atom is 0.280 e. The smallest absolute Gasteiger partial charge is 0.280 e. The van der Waals surface area contributed by atoms with Crippen molar-refractivity contribution in [1.82, 2.24) is 0 Å². The number of nitrogens with zero attached hydrogens (tertiary/aromatic N) is 1. The maximum absolute atomic E-state index is 10.6. The highest BCUT2D eigenvalue weighted by atomic mass is 16.6. The van der Waals surface area contributed by atoms with E-state index in [4.69, 9.17) is 9.84 Å². The van der Waals surface area contributed by atoms with E-state index in [1.165, 1.54) is 18.2 Å². The van der Waals surface area contributed by atoms with Gasteiger partial charge in [0.15, 0.2) is 6.29 Å². The number of carbonyl (C=O) groups excluding carboxylic acids is 1. The monoisotopic (exact) mass is 225 g/mol. The third kappa shape index (κ3) is 3.03. The van der Waals surface area contributed by atoms with E-state index in [-0.39, 0.29) is 17.9 Å². The van der Waals surface area contributed by atoms with Crippen molar-refractivity contribution in [1.29, 1.82) is 0 Å². The largest absolute Gasteiger partial charge is 0.493 e. The molecule has 1 aromatic carbocycles. The Balaban J connectivity index is 2.82. The van der Waals surface area contributed by atoms with Gasteiger partial charge in [-0.1, -0.05) is 0 Å². The average molecular weight is 225 g/mol. The Morgan fingerprint density at radius 3 is 2.81 bits per heavy atom. The second-order valence-corrected chi connectivity index (χ2v) is 3.02. The fourth-order valence-corrected chi connectivity index (χ4v) is 1.14. The zero-order valence-corrected chi connectivity index (χ0v) is 8.46. The molecule has 0 aliphatic carbocycles. The van der Waals surface area contributed by atoms with Gasteiger partial charge in [-0.15, -0.1) is 0 Å². The third-order valence-electron chi connectivity index (χ3n) is 1.89. The van der Waals surface area contributed by atoms with Gasteiger partial charge in [0.25, 0.3) is 5.69 Å². The highest BCUT2D eigenvalue weighted by Gasteiger charge is 2.13. The molecule has 0 saturated heterocycles. The van der Waals surface area contributed by atoms with Gasteiger partial charge in [-0.25, -0.2) is 0 Å². The van der Waals surface area contributed by atoms with Crippen LogP contribution in [-0.2, 0) is 0 Å². The van der Waals surface area contributed by atoms with Crippen LogP contribution in [0.3, 0.4) is 0 Å². The van der Waals surface area contributed by atoms with Gasteiger partial charge in [-0.3, -0.25) is 14.9 Å². The predicted octanol–water partition coefficient (Wildman–Crippen LogP) is 1.17. The molecular formula is C10H11NO5. The van der Waals surface area contributed by atoms with Crippen LogP contribution in [0.1, 0.15) is 16.8 Å². The topological polar surface area (TPSA) is 89.7 Å². The first kappa shape index (κ1) is 12.1. The van der Waals surface area contributed by atoms with Crippen LogP contribution in [-0.4, -0.2) is 29.5 Å². The highest BCUT2D eigenvalue weighted by Crippen LogP contribution is 2.22. The number of hydrogen-bond acceptors (Lipinski definition) is 5. The van der Waals surface area contributed by atoms with Crippen molar-refractivity contribution in [2.45, 2.75) is 6.42 Å². The van der Waals surface area contributed by atoms with Crippen LogP contribution in [0.15, 0.2) is 18.2 Å². The van der Waals surface area contributed by atoms with E-state index in [0.717, 1.165) is 0 Å². The molecule has 0 bridgehead atoms. The normalized spacial score (nSPS) is 9.81. The van der Waals surface area contributed by atoms with Gasteiger partial charge in [0.1, 0.15) is 5.75 Å². The minimum absolute atomic E-state index is 0.00746. The van der Waals surface area contributed by atoms with Crippen molar-refractivity contribution >= 4 is 12.0 Å². The van der Waals surface area contributed by atoms with Crippen LogP contribution in [0, 0.1) is 10.1 Å². The van der Waals surface area contributed by atoms with Gasteiger partial charge in [0.2, 0.25) is 0 Å². The fourth-order valence-electron chi connectivity index (χ4n) is 1.14. The van der Waals surface area contributed by atoms with Crippen LogP contribution >= 0.6 is 0 Å². The molecule has 0 saturated carbocycles. The number of aliphatic hydroxyl groups is 1. The van der Waals surface area contributed by atoms with Gasteiger partial charge in [0, 0.05) is 19.1 Å². The molecule has 6 heteroatoms. The molecule has 6 nitrogen and oxygen atoms in total. The number of benzene rings is 1. The summed E-state index contributed by atoms with van der Waals surface area (Å²) in [6, 6.07) is 3.95. The minimum atomic E-state index is -0.624. The number of hydrogen-bond donors (Lipinski definition) is 1. The standard InChI is InChI=1S/C10H11NO5/c12-4-1-5-16-9-2-3-10(11(14)15)8(6-9)7-13/h2-3,6-7,12H,1,4-5H2. The van der Waals surface area contributed by atoms with Gasteiger partial charge >= 0.3 is 0 Å². The highest BCUT2D eigenvalue weighted by molar-refractivity contribution is 5.82. The molecule has 0 aromatic heterocycles. The van der Waals surface area contributed by atoms with E-state index in [0.29, 0.717) is 25.1 Å². The minimum Gasteiger partial charge on any atom is -0.493 e. The summed E-state index contributed by atoms with van der Waals surface area (Å²) in [7, 11) is 0. The third-order valence-corrected chi connectivity index (χ3v) is 1.89. The van der Waals surface area contributed by atoms with Crippen molar-refractivity contribution in [3.8, 4) is 5.75 Å². The van der Waals surface area contributed by atoms with Crippen LogP contribution in [0.5, 0.6) is 5.75 Å². The van der Waals surface area contributed by atoms with Gasteiger partial charge in [0.05, 0.1) is 17.1 Å². The number of carbonyl (C=O) groups is 1. The lowest BCUT2D eigenvalue weighted by atomic mass is 10.2. The summed E-state index contributed by atoms with van der Waals surface area (Å²) < 4.78 is 5.18. The number of nitro groups is 1. The number of ether oxygens (including phenoxy) is 1. The lowest BCUT2D eigenvalue weighted by Crippen LogP contribution is -2.01. The van der Waals surface area contributed by atoms with E-state index >= 15 is 0 Å². The van der Waals surface area contributed by atoms with Crippen molar-refractivity contribution in [2.75, 3.05) is 13.2 Å². The van der Waals surface area contributed by atoms with Crippen molar-refractivity contribution < 1.29 is 19.6 Å². The van der Waals surface area contributed by atoms with E-state index in [1.807, 2.05) is 0 Å². The van der Waals surface area contributed by atoms with Crippen molar-refractivity contribution in [3.05, 3.63) is 33.9 Å². The second kappa shape index (κ2) is 5.82. The molecule has 0 unspecified atom stereocenters. The second-order valence-electron chi connectivity index (χ2n) is 3.02.